The Morgan fingerprint density at radius 3 is 2.76 bits per heavy atom. The van der Waals surface area contributed by atoms with Crippen LogP contribution in [0.25, 0.3) is 0 Å². The van der Waals surface area contributed by atoms with Crippen LogP contribution >= 0.6 is 0 Å². The molecule has 0 radical (unpaired) electrons. The van der Waals surface area contributed by atoms with Crippen molar-refractivity contribution in [3.63, 3.8) is 0 Å². The molecule has 2 heterocycles. The second kappa shape index (κ2) is 5.05. The lowest BCUT2D eigenvalue weighted by molar-refractivity contribution is -0.134. The molecule has 0 aliphatic carbocycles. The normalized spacial score (nSPS) is 22.1. The highest BCUT2D eigenvalue weighted by molar-refractivity contribution is 6.00. The van der Waals surface area contributed by atoms with Gasteiger partial charge in [0.1, 0.15) is 0 Å². The van der Waals surface area contributed by atoms with Gasteiger partial charge in [-0.1, -0.05) is 0 Å². The first-order valence-electron chi connectivity index (χ1n) is 5.66. The Hall–Kier alpha value is -1.75. The molecule has 1 aliphatic rings. The monoisotopic (exact) mass is 233 g/mol. The molecule has 0 bridgehead atoms. The topological polar surface area (TPSA) is 71.1 Å². The molecular weight excluding hydrogens is 218 g/mol. The lowest BCUT2D eigenvalue weighted by Gasteiger charge is -2.25. The Labute approximate surface area is 99.6 Å². The van der Waals surface area contributed by atoms with Gasteiger partial charge in [0.25, 0.3) is 0 Å². The summed E-state index contributed by atoms with van der Waals surface area (Å²) in [6.07, 6.45) is 4.39. The third-order valence-corrected chi connectivity index (χ3v) is 2.90. The van der Waals surface area contributed by atoms with Gasteiger partial charge in [-0.2, -0.15) is 0 Å². The fourth-order valence-electron chi connectivity index (χ4n) is 1.90. The molecular formula is C12H15N3O2. The Balaban J connectivity index is 1.97. The number of aromatic nitrogens is 1. The number of hydrogen-bond donors (Lipinski definition) is 2. The Kier molecular flexibility index (Phi) is 3.49. The lowest BCUT2D eigenvalue weighted by Crippen LogP contribution is -2.51. The molecule has 2 N–H and O–H groups in total. The van der Waals surface area contributed by atoms with Crippen LogP contribution < -0.4 is 10.6 Å². The predicted molar refractivity (Wildman–Crippen MR) is 62.0 cm³/mol. The number of piperidine rings is 1. The van der Waals surface area contributed by atoms with Crippen molar-refractivity contribution in [1.82, 2.24) is 15.6 Å². The average molecular weight is 233 g/mol. The third-order valence-electron chi connectivity index (χ3n) is 2.90. The second-order valence-corrected chi connectivity index (χ2v) is 4.17. The number of carbonyl (C=O) groups excluding carboxylic acids is 2. The fraction of sp³-hybridized carbons (Fsp3) is 0.417. The van der Waals surface area contributed by atoms with E-state index in [1.807, 2.05) is 19.1 Å². The van der Waals surface area contributed by atoms with Gasteiger partial charge in [0, 0.05) is 24.9 Å². The van der Waals surface area contributed by atoms with Gasteiger partial charge < -0.3 is 0 Å². The minimum atomic E-state index is -0.295. The molecule has 1 fully saturated rings. The molecule has 5 heteroatoms. The van der Waals surface area contributed by atoms with E-state index >= 15 is 0 Å². The van der Waals surface area contributed by atoms with E-state index in [0.29, 0.717) is 12.8 Å². The Morgan fingerprint density at radius 1 is 1.41 bits per heavy atom. The Bertz CT molecular complexity index is 419. The summed E-state index contributed by atoms with van der Waals surface area (Å²) in [5.74, 6) is -0.424. The number of imide groups is 1. The molecule has 1 aromatic heterocycles. The molecule has 1 aromatic rings. The first kappa shape index (κ1) is 11.7. The molecule has 5 nitrogen and oxygen atoms in total. The van der Waals surface area contributed by atoms with Crippen molar-refractivity contribution in [2.45, 2.75) is 31.8 Å². The van der Waals surface area contributed by atoms with Gasteiger partial charge in [-0.25, -0.2) is 0 Å². The summed E-state index contributed by atoms with van der Waals surface area (Å²) in [6, 6.07) is 3.57. The van der Waals surface area contributed by atoms with Crippen molar-refractivity contribution in [2.75, 3.05) is 0 Å². The molecule has 0 aromatic carbocycles. The summed E-state index contributed by atoms with van der Waals surface area (Å²) in [4.78, 5) is 26.5. The number of rotatable bonds is 3. The fourth-order valence-corrected chi connectivity index (χ4v) is 1.90. The molecule has 90 valence electrons. The summed E-state index contributed by atoms with van der Waals surface area (Å²) in [5, 5.41) is 5.55. The van der Waals surface area contributed by atoms with Crippen LogP contribution in [0.3, 0.4) is 0 Å². The maximum absolute atomic E-state index is 11.6. The maximum Gasteiger partial charge on any atom is 0.243 e. The number of carbonyl (C=O) groups is 2. The van der Waals surface area contributed by atoms with E-state index in [4.69, 9.17) is 0 Å². The molecule has 17 heavy (non-hydrogen) atoms. The maximum atomic E-state index is 11.6. The number of nitrogens with one attached hydrogen (secondary N) is 2. The van der Waals surface area contributed by atoms with Crippen molar-refractivity contribution >= 4 is 11.8 Å². The van der Waals surface area contributed by atoms with Crippen LogP contribution in [0, 0.1) is 0 Å². The Morgan fingerprint density at radius 2 is 2.12 bits per heavy atom. The van der Waals surface area contributed by atoms with Crippen molar-refractivity contribution in [1.29, 1.82) is 0 Å². The highest BCUT2D eigenvalue weighted by atomic mass is 16.2. The zero-order chi connectivity index (χ0) is 12.3. The van der Waals surface area contributed by atoms with Crippen LogP contribution in [0.2, 0.25) is 0 Å². The van der Waals surface area contributed by atoms with E-state index in [1.54, 1.807) is 12.4 Å². The molecule has 0 spiro atoms. The van der Waals surface area contributed by atoms with Gasteiger partial charge in [-0.3, -0.25) is 25.2 Å². The van der Waals surface area contributed by atoms with E-state index in [9.17, 15) is 9.59 Å². The van der Waals surface area contributed by atoms with Crippen molar-refractivity contribution in [3.8, 4) is 0 Å². The number of pyridine rings is 1. The SMILES string of the molecule is CC(NC1CCC(=O)NC1=O)c1ccncc1. The minimum Gasteiger partial charge on any atom is -0.299 e. The second-order valence-electron chi connectivity index (χ2n) is 4.17. The van der Waals surface area contributed by atoms with E-state index in [-0.39, 0.29) is 23.9 Å². The van der Waals surface area contributed by atoms with Crippen LogP contribution in [-0.2, 0) is 9.59 Å². The highest BCUT2D eigenvalue weighted by Crippen LogP contribution is 2.14. The van der Waals surface area contributed by atoms with E-state index in [2.05, 4.69) is 15.6 Å². The van der Waals surface area contributed by atoms with Crippen LogP contribution in [-0.4, -0.2) is 22.8 Å². The van der Waals surface area contributed by atoms with Gasteiger partial charge in [0.2, 0.25) is 11.8 Å². The summed E-state index contributed by atoms with van der Waals surface area (Å²) in [5.41, 5.74) is 1.07. The van der Waals surface area contributed by atoms with Crippen LogP contribution in [0.1, 0.15) is 31.4 Å². The molecule has 0 saturated carbocycles. The van der Waals surface area contributed by atoms with Crippen molar-refractivity contribution in [2.24, 2.45) is 0 Å². The van der Waals surface area contributed by atoms with E-state index < -0.39 is 0 Å². The first-order chi connectivity index (χ1) is 8.16. The quantitative estimate of drug-likeness (QED) is 0.747. The molecule has 1 saturated heterocycles. The molecule has 2 amide bonds. The summed E-state index contributed by atoms with van der Waals surface area (Å²) in [7, 11) is 0. The zero-order valence-electron chi connectivity index (χ0n) is 9.64. The minimum absolute atomic E-state index is 0.0574. The van der Waals surface area contributed by atoms with Gasteiger partial charge >= 0.3 is 0 Å². The molecule has 2 atom stereocenters. The summed E-state index contributed by atoms with van der Waals surface area (Å²) < 4.78 is 0. The standard InChI is InChI=1S/C12H15N3O2/c1-8(9-4-6-13-7-5-9)14-10-2-3-11(16)15-12(10)17/h4-8,10,14H,2-3H2,1H3,(H,15,16,17). The zero-order valence-corrected chi connectivity index (χ0v) is 9.64. The predicted octanol–water partition coefficient (Wildman–Crippen LogP) is 0.537. The lowest BCUT2D eigenvalue weighted by atomic mass is 10.0. The largest absolute Gasteiger partial charge is 0.299 e. The number of nitrogens with zero attached hydrogens (tertiary/aromatic N) is 1. The number of amides is 2. The molecule has 2 rings (SSSR count). The summed E-state index contributed by atoms with van der Waals surface area (Å²) >= 11 is 0. The smallest absolute Gasteiger partial charge is 0.243 e. The average Bonchev–Trinajstić information content (AvgIpc) is 2.34. The van der Waals surface area contributed by atoms with Gasteiger partial charge in [0.15, 0.2) is 0 Å². The van der Waals surface area contributed by atoms with Gasteiger partial charge in [-0.15, -0.1) is 0 Å². The van der Waals surface area contributed by atoms with Gasteiger partial charge in [0.05, 0.1) is 6.04 Å². The third kappa shape index (κ3) is 2.88. The molecule has 2 unspecified atom stereocenters. The van der Waals surface area contributed by atoms with Crippen LogP contribution in [0.15, 0.2) is 24.5 Å². The van der Waals surface area contributed by atoms with Crippen LogP contribution in [0.4, 0.5) is 0 Å². The van der Waals surface area contributed by atoms with Crippen LogP contribution in [0.5, 0.6) is 0 Å². The van der Waals surface area contributed by atoms with Crippen molar-refractivity contribution in [3.05, 3.63) is 30.1 Å². The summed E-state index contributed by atoms with van der Waals surface area (Å²) in [6.45, 7) is 1.99. The number of hydrogen-bond acceptors (Lipinski definition) is 4. The molecule has 1 aliphatic heterocycles. The highest BCUT2D eigenvalue weighted by Gasteiger charge is 2.27. The van der Waals surface area contributed by atoms with Gasteiger partial charge in [-0.05, 0) is 31.0 Å². The van der Waals surface area contributed by atoms with E-state index in [1.165, 1.54) is 0 Å². The van der Waals surface area contributed by atoms with E-state index in [0.717, 1.165) is 5.56 Å². The van der Waals surface area contributed by atoms with Crippen molar-refractivity contribution < 1.29 is 9.59 Å². The first-order valence-corrected chi connectivity index (χ1v) is 5.66.